The number of ether oxygens (including phenoxy) is 2. The van der Waals surface area contributed by atoms with Gasteiger partial charge in [0.15, 0.2) is 17.3 Å². The van der Waals surface area contributed by atoms with Crippen LogP contribution in [0.3, 0.4) is 0 Å². The zero-order chi connectivity index (χ0) is 26.2. The fraction of sp³-hybridized carbons (Fsp3) is 0.222. The van der Waals surface area contributed by atoms with Gasteiger partial charge in [-0.05, 0) is 49.1 Å². The zero-order valence-corrected chi connectivity index (χ0v) is 20.8. The molecule has 8 nitrogen and oxygen atoms in total. The van der Waals surface area contributed by atoms with E-state index in [1.807, 2.05) is 0 Å². The van der Waals surface area contributed by atoms with Crippen molar-refractivity contribution < 1.29 is 23.1 Å². The van der Waals surface area contributed by atoms with Gasteiger partial charge in [-0.25, -0.2) is 14.4 Å². The fourth-order valence-electron chi connectivity index (χ4n) is 3.50. The smallest absolute Gasteiger partial charge is 0.291 e. The van der Waals surface area contributed by atoms with Gasteiger partial charge < -0.3 is 24.9 Å². The molecule has 0 radical (unpaired) electrons. The third kappa shape index (κ3) is 6.90. The van der Waals surface area contributed by atoms with Crippen molar-refractivity contribution >= 4 is 39.9 Å². The summed E-state index contributed by atoms with van der Waals surface area (Å²) in [6, 6.07) is 11.1. The molecule has 0 atom stereocenters. The van der Waals surface area contributed by atoms with Crippen LogP contribution in [0.2, 0.25) is 5.02 Å². The molecule has 2 heterocycles. The Morgan fingerprint density at radius 2 is 2.00 bits per heavy atom. The third-order valence-electron chi connectivity index (χ3n) is 5.33. The number of anilines is 2. The van der Waals surface area contributed by atoms with E-state index in [0.717, 1.165) is 19.3 Å². The maximum Gasteiger partial charge on any atom is 0.291 e. The predicted molar refractivity (Wildman–Crippen MR) is 139 cm³/mol. The average Bonchev–Trinajstić information content (AvgIpc) is 3.32. The molecule has 0 aliphatic rings. The minimum absolute atomic E-state index is 0.00569. The SMILES string of the molecule is COc1cc2ncnc(Nc3ccc(F)c(Cl)c3)c2cc1Oc1ccc(C#CCCCCCC(N)=O)o1. The number of primary amides is 1. The molecule has 2 aromatic heterocycles. The van der Waals surface area contributed by atoms with Gasteiger partial charge in [-0.1, -0.05) is 23.9 Å². The van der Waals surface area contributed by atoms with E-state index in [1.54, 1.807) is 30.3 Å². The van der Waals surface area contributed by atoms with Crippen LogP contribution in [0.4, 0.5) is 15.9 Å². The largest absolute Gasteiger partial charge is 0.493 e. The molecule has 0 aliphatic carbocycles. The highest BCUT2D eigenvalue weighted by molar-refractivity contribution is 6.31. The lowest BCUT2D eigenvalue weighted by molar-refractivity contribution is -0.118. The first kappa shape index (κ1) is 25.8. The minimum Gasteiger partial charge on any atom is -0.493 e. The molecule has 4 rings (SSSR count). The van der Waals surface area contributed by atoms with E-state index in [9.17, 15) is 9.18 Å². The van der Waals surface area contributed by atoms with Gasteiger partial charge in [-0.2, -0.15) is 0 Å². The van der Waals surface area contributed by atoms with E-state index in [2.05, 4.69) is 27.1 Å². The highest BCUT2D eigenvalue weighted by Crippen LogP contribution is 2.38. The Hall–Kier alpha value is -4.29. The molecule has 0 saturated carbocycles. The number of methoxy groups -OCH3 is 1. The van der Waals surface area contributed by atoms with E-state index >= 15 is 0 Å². The number of unbranched alkanes of at least 4 members (excludes halogenated alkanes) is 3. The second-order valence-corrected chi connectivity index (χ2v) is 8.45. The fourth-order valence-corrected chi connectivity index (χ4v) is 3.68. The van der Waals surface area contributed by atoms with E-state index in [1.165, 1.54) is 25.6 Å². The number of rotatable bonds is 10. The van der Waals surface area contributed by atoms with Gasteiger partial charge in [0, 0.05) is 36.0 Å². The van der Waals surface area contributed by atoms with Crippen molar-refractivity contribution in [2.45, 2.75) is 32.1 Å². The molecule has 1 amide bonds. The van der Waals surface area contributed by atoms with Gasteiger partial charge in [0.1, 0.15) is 18.0 Å². The number of fused-ring (bicyclic) bond motifs is 1. The standard InChI is InChI=1S/C27H24ClFN4O4/c1-35-23-15-22-19(27(32-16-31-22)33-17-9-11-21(29)20(28)13-17)14-24(23)37-26-12-10-18(36-26)7-5-3-2-4-6-8-25(30)34/h9-16H,2-4,6,8H2,1H3,(H2,30,34)(H,31,32,33). The number of amides is 1. The molecule has 10 heteroatoms. The van der Waals surface area contributed by atoms with Crippen molar-refractivity contribution in [1.82, 2.24) is 9.97 Å². The first-order valence-electron chi connectivity index (χ1n) is 11.5. The summed E-state index contributed by atoms with van der Waals surface area (Å²) in [4.78, 5) is 19.4. The monoisotopic (exact) mass is 522 g/mol. The summed E-state index contributed by atoms with van der Waals surface area (Å²) in [6.45, 7) is 0. The number of aromatic nitrogens is 2. The van der Waals surface area contributed by atoms with Crippen LogP contribution in [0, 0.1) is 17.7 Å². The first-order chi connectivity index (χ1) is 17.9. The van der Waals surface area contributed by atoms with Crippen LogP contribution < -0.4 is 20.5 Å². The number of nitrogens with one attached hydrogen (secondary N) is 1. The van der Waals surface area contributed by atoms with Crippen molar-refractivity contribution in [1.29, 1.82) is 0 Å². The van der Waals surface area contributed by atoms with Crippen molar-refractivity contribution in [3.63, 3.8) is 0 Å². The molecule has 0 saturated heterocycles. The maximum absolute atomic E-state index is 13.5. The lowest BCUT2D eigenvalue weighted by Crippen LogP contribution is -2.09. The molecule has 0 unspecified atom stereocenters. The molecular formula is C27H24ClFN4O4. The van der Waals surface area contributed by atoms with Gasteiger partial charge in [0.25, 0.3) is 5.95 Å². The van der Waals surface area contributed by atoms with E-state index < -0.39 is 5.82 Å². The Morgan fingerprint density at radius 1 is 1.14 bits per heavy atom. The summed E-state index contributed by atoms with van der Waals surface area (Å²) in [6.07, 6.45) is 5.02. The number of carbonyl (C=O) groups excluding carboxylic acids is 1. The van der Waals surface area contributed by atoms with Crippen LogP contribution in [-0.2, 0) is 4.79 Å². The molecule has 190 valence electrons. The average molecular weight is 523 g/mol. The Balaban J connectivity index is 1.49. The van der Waals surface area contributed by atoms with Gasteiger partial charge in [0.05, 0.1) is 17.6 Å². The number of hydrogen-bond donors (Lipinski definition) is 2. The number of benzene rings is 2. The number of nitrogens with zero attached hydrogens (tertiary/aromatic N) is 2. The second kappa shape index (κ2) is 12.1. The summed E-state index contributed by atoms with van der Waals surface area (Å²) >= 11 is 5.91. The highest BCUT2D eigenvalue weighted by Gasteiger charge is 2.14. The molecule has 3 N–H and O–H groups in total. The first-order valence-corrected chi connectivity index (χ1v) is 11.9. The lowest BCUT2D eigenvalue weighted by Gasteiger charge is -2.13. The molecule has 4 aromatic rings. The predicted octanol–water partition coefficient (Wildman–Crippen LogP) is 6.35. The van der Waals surface area contributed by atoms with Crippen molar-refractivity contribution in [3.8, 4) is 29.3 Å². The molecule has 0 bridgehead atoms. The van der Waals surface area contributed by atoms with Gasteiger partial charge >= 0.3 is 0 Å². The molecule has 2 aromatic carbocycles. The molecule has 37 heavy (non-hydrogen) atoms. The summed E-state index contributed by atoms with van der Waals surface area (Å²) < 4.78 is 30.7. The van der Waals surface area contributed by atoms with E-state index in [4.69, 9.17) is 31.2 Å². The van der Waals surface area contributed by atoms with Crippen LogP contribution in [0.1, 0.15) is 37.9 Å². The molecule has 0 aliphatic heterocycles. The van der Waals surface area contributed by atoms with Gasteiger partial charge in [-0.15, -0.1) is 0 Å². The van der Waals surface area contributed by atoms with Gasteiger partial charge in [0.2, 0.25) is 5.91 Å². The number of hydrogen-bond acceptors (Lipinski definition) is 7. The summed E-state index contributed by atoms with van der Waals surface area (Å²) in [5.41, 5.74) is 6.31. The molecule has 0 fully saturated rings. The maximum atomic E-state index is 13.5. The molecular weight excluding hydrogens is 499 g/mol. The Bertz CT molecular complexity index is 1480. The Labute approximate surface area is 217 Å². The second-order valence-electron chi connectivity index (χ2n) is 8.05. The number of furan rings is 1. The Morgan fingerprint density at radius 3 is 2.78 bits per heavy atom. The summed E-state index contributed by atoms with van der Waals surface area (Å²) in [5.74, 6) is 7.23. The van der Waals surface area contributed by atoms with Crippen LogP contribution in [0.5, 0.6) is 17.4 Å². The highest BCUT2D eigenvalue weighted by atomic mass is 35.5. The van der Waals surface area contributed by atoms with Crippen LogP contribution in [0.25, 0.3) is 10.9 Å². The Kier molecular flexibility index (Phi) is 8.44. The number of nitrogens with two attached hydrogens (primary N) is 1. The summed E-state index contributed by atoms with van der Waals surface area (Å²) in [7, 11) is 1.53. The number of carbonyl (C=O) groups is 1. The van der Waals surface area contributed by atoms with Crippen molar-refractivity contribution in [2.24, 2.45) is 5.73 Å². The van der Waals surface area contributed by atoms with E-state index in [-0.39, 0.29) is 16.9 Å². The van der Waals surface area contributed by atoms with Gasteiger partial charge in [-0.3, -0.25) is 4.79 Å². The summed E-state index contributed by atoms with van der Waals surface area (Å²) in [5, 5.41) is 3.77. The van der Waals surface area contributed by atoms with Crippen LogP contribution in [-0.4, -0.2) is 23.0 Å². The topological polar surface area (TPSA) is 113 Å². The zero-order valence-electron chi connectivity index (χ0n) is 20.0. The normalized spacial score (nSPS) is 10.6. The number of halogens is 2. The third-order valence-corrected chi connectivity index (χ3v) is 5.62. The van der Waals surface area contributed by atoms with E-state index in [0.29, 0.717) is 52.5 Å². The van der Waals surface area contributed by atoms with Crippen molar-refractivity contribution in [2.75, 3.05) is 12.4 Å². The van der Waals surface area contributed by atoms with Crippen LogP contribution >= 0.6 is 11.6 Å². The quantitative estimate of drug-likeness (QED) is 0.184. The minimum atomic E-state index is -0.511. The molecule has 0 spiro atoms. The lowest BCUT2D eigenvalue weighted by atomic mass is 10.1. The van der Waals surface area contributed by atoms with Crippen molar-refractivity contribution in [3.05, 3.63) is 65.4 Å². The van der Waals surface area contributed by atoms with Crippen LogP contribution in [0.15, 0.2) is 53.2 Å².